The number of pyridine rings is 1. The number of carboxylic acid groups (broad SMARTS) is 1. The van der Waals surface area contributed by atoms with Crippen LogP contribution in [0.2, 0.25) is 0 Å². The minimum Gasteiger partial charge on any atom is -0.496 e. The van der Waals surface area contributed by atoms with Gasteiger partial charge in [-0.05, 0) is 53.9 Å². The predicted molar refractivity (Wildman–Crippen MR) is 161 cm³/mol. The van der Waals surface area contributed by atoms with E-state index in [9.17, 15) is 23.5 Å². The second-order valence-corrected chi connectivity index (χ2v) is 13.7. The number of carbonyl (C=O) groups is 2. The van der Waals surface area contributed by atoms with Crippen LogP contribution in [0.15, 0.2) is 36.5 Å². The quantitative estimate of drug-likeness (QED) is 0.368. The number of aromatic nitrogens is 1. The number of hydrogen-bond acceptors (Lipinski definition) is 7. The zero-order valence-corrected chi connectivity index (χ0v) is 26.6. The number of nitrogens with one attached hydrogen (secondary N) is 1. The molecule has 3 heterocycles. The van der Waals surface area contributed by atoms with Crippen molar-refractivity contribution in [2.24, 2.45) is 11.3 Å². The van der Waals surface area contributed by atoms with Gasteiger partial charge in [-0.2, -0.15) is 8.78 Å². The maximum atomic E-state index is 14.3. The molecule has 2 fully saturated rings. The van der Waals surface area contributed by atoms with E-state index in [1.54, 1.807) is 19.2 Å². The molecule has 0 bridgehead atoms. The highest BCUT2D eigenvalue weighted by Crippen LogP contribution is 2.50. The van der Waals surface area contributed by atoms with Gasteiger partial charge in [-0.15, -0.1) is 0 Å². The van der Waals surface area contributed by atoms with Crippen LogP contribution in [-0.4, -0.2) is 65.4 Å². The second-order valence-electron chi connectivity index (χ2n) is 13.7. The van der Waals surface area contributed by atoms with E-state index in [0.29, 0.717) is 18.8 Å². The van der Waals surface area contributed by atoms with Crippen molar-refractivity contribution in [2.75, 3.05) is 13.7 Å². The van der Waals surface area contributed by atoms with Crippen LogP contribution >= 0.6 is 0 Å². The topological polar surface area (TPSA) is 110 Å². The Morgan fingerprint density at radius 1 is 1.16 bits per heavy atom. The van der Waals surface area contributed by atoms with Gasteiger partial charge in [-0.1, -0.05) is 53.7 Å². The Morgan fingerprint density at radius 2 is 1.89 bits per heavy atom. The van der Waals surface area contributed by atoms with Crippen LogP contribution in [0.1, 0.15) is 83.5 Å². The zero-order chi connectivity index (χ0) is 32.4. The number of ether oxygens (including phenoxy) is 3. The maximum Gasteiger partial charge on any atom is 0.388 e. The van der Waals surface area contributed by atoms with Gasteiger partial charge >= 0.3 is 12.6 Å². The number of carbonyl (C=O) groups excluding carboxylic acids is 1. The number of likely N-dealkylation sites (tertiary alicyclic amines) is 1. The lowest BCUT2D eigenvalue weighted by molar-refractivity contribution is -0.159. The number of alkyl halides is 2. The molecule has 0 radical (unpaired) electrons. The number of rotatable bonds is 9. The number of halogens is 2. The molecule has 9 nitrogen and oxygen atoms in total. The molecule has 2 aliphatic heterocycles. The van der Waals surface area contributed by atoms with E-state index in [-0.39, 0.29) is 23.4 Å². The minimum absolute atomic E-state index is 0.139. The molecule has 4 rings (SSSR count). The van der Waals surface area contributed by atoms with Gasteiger partial charge in [0.15, 0.2) is 0 Å². The molecule has 2 N–H and O–H groups in total. The standard InChI is InChI=1S/C33H45F2N3O6/c1-32(2,3)20-13-14-22(42-7)19(17-20)18-37-25-24(33(4,5)6)27(30(40)41)38(29(39)23-12-8-9-16-43-23)26(25)21-11-10-15-36-28(21)44-31(34)35/h10-11,13-15,17,23-27,31,37H,8-9,12,16,18H2,1-7H3,(H,40,41)/t23-,24-,25-,26-,27-/m0/s1. The van der Waals surface area contributed by atoms with Crippen molar-refractivity contribution in [1.29, 1.82) is 0 Å². The maximum absolute atomic E-state index is 14.3. The molecular weight excluding hydrogens is 572 g/mol. The van der Waals surface area contributed by atoms with Crippen LogP contribution in [0, 0.1) is 11.3 Å². The van der Waals surface area contributed by atoms with E-state index < -0.39 is 54.1 Å². The summed E-state index contributed by atoms with van der Waals surface area (Å²) in [6.45, 7) is 9.57. The molecule has 242 valence electrons. The van der Waals surface area contributed by atoms with E-state index >= 15 is 0 Å². The lowest BCUT2D eigenvalue weighted by Crippen LogP contribution is -2.51. The van der Waals surface area contributed by atoms with Crippen molar-refractivity contribution in [3.05, 3.63) is 53.2 Å². The smallest absolute Gasteiger partial charge is 0.388 e. The Kier molecular flexibility index (Phi) is 10.2. The van der Waals surface area contributed by atoms with Crippen molar-refractivity contribution in [3.63, 3.8) is 0 Å². The molecule has 0 unspecified atom stereocenters. The first-order valence-electron chi connectivity index (χ1n) is 15.1. The lowest BCUT2D eigenvalue weighted by Gasteiger charge is -2.36. The summed E-state index contributed by atoms with van der Waals surface area (Å²) < 4.78 is 43.5. The molecule has 1 amide bonds. The molecule has 2 aliphatic rings. The molecule has 0 aliphatic carbocycles. The van der Waals surface area contributed by atoms with E-state index in [2.05, 4.69) is 31.1 Å². The number of aliphatic carboxylic acids is 1. The molecule has 0 spiro atoms. The molecule has 1 aromatic heterocycles. The van der Waals surface area contributed by atoms with Crippen molar-refractivity contribution in [3.8, 4) is 11.6 Å². The van der Waals surface area contributed by atoms with Crippen molar-refractivity contribution >= 4 is 11.9 Å². The number of hydrogen-bond donors (Lipinski definition) is 2. The normalized spacial score (nSPS) is 24.4. The van der Waals surface area contributed by atoms with Gasteiger partial charge in [0.05, 0.1) is 13.2 Å². The Balaban J connectivity index is 1.89. The summed E-state index contributed by atoms with van der Waals surface area (Å²) in [6, 6.07) is 6.11. The summed E-state index contributed by atoms with van der Waals surface area (Å²) in [5.74, 6) is -2.02. The van der Waals surface area contributed by atoms with Crippen molar-refractivity contribution in [1.82, 2.24) is 15.2 Å². The van der Waals surface area contributed by atoms with Crippen molar-refractivity contribution in [2.45, 2.75) is 104 Å². The molecule has 1 aromatic carbocycles. The number of methoxy groups -OCH3 is 1. The minimum atomic E-state index is -3.17. The number of carboxylic acids is 1. The lowest BCUT2D eigenvalue weighted by atomic mass is 9.72. The highest BCUT2D eigenvalue weighted by atomic mass is 19.3. The van der Waals surface area contributed by atoms with Gasteiger partial charge in [0.2, 0.25) is 5.88 Å². The van der Waals surface area contributed by atoms with Crippen LogP contribution in [0.5, 0.6) is 11.6 Å². The average Bonchev–Trinajstić information content (AvgIpc) is 3.31. The fourth-order valence-corrected chi connectivity index (χ4v) is 6.58. The third kappa shape index (κ3) is 7.15. The first kappa shape index (κ1) is 33.6. The van der Waals surface area contributed by atoms with Gasteiger partial charge < -0.3 is 29.5 Å². The monoisotopic (exact) mass is 617 g/mol. The Hall–Kier alpha value is -3.31. The second kappa shape index (κ2) is 13.4. The highest BCUT2D eigenvalue weighted by Gasteiger charge is 2.59. The summed E-state index contributed by atoms with van der Waals surface area (Å²) in [7, 11) is 1.58. The zero-order valence-electron chi connectivity index (χ0n) is 26.6. The fourth-order valence-electron chi connectivity index (χ4n) is 6.58. The number of benzene rings is 1. The Labute approximate surface area is 258 Å². The summed E-state index contributed by atoms with van der Waals surface area (Å²) in [6.07, 6.45) is 2.49. The molecule has 11 heteroatoms. The Morgan fingerprint density at radius 3 is 2.45 bits per heavy atom. The fraction of sp³-hybridized carbons (Fsp3) is 0.606. The van der Waals surface area contributed by atoms with Gasteiger partial charge in [0, 0.05) is 42.4 Å². The average molecular weight is 618 g/mol. The van der Waals surface area contributed by atoms with Crippen LogP contribution in [-0.2, 0) is 26.3 Å². The molecule has 2 saturated heterocycles. The first-order chi connectivity index (χ1) is 20.6. The highest BCUT2D eigenvalue weighted by molar-refractivity contribution is 5.88. The Bertz CT molecular complexity index is 1320. The molecular formula is C33H45F2N3O6. The van der Waals surface area contributed by atoms with Crippen LogP contribution in [0.25, 0.3) is 0 Å². The van der Waals surface area contributed by atoms with Crippen LogP contribution in [0.4, 0.5) is 8.78 Å². The van der Waals surface area contributed by atoms with Crippen LogP contribution in [0.3, 0.4) is 0 Å². The van der Waals surface area contributed by atoms with Gasteiger partial charge in [-0.3, -0.25) is 4.79 Å². The third-order valence-corrected chi connectivity index (χ3v) is 8.62. The van der Waals surface area contributed by atoms with E-state index in [1.807, 2.05) is 39.0 Å². The largest absolute Gasteiger partial charge is 0.496 e. The number of amides is 1. The third-order valence-electron chi connectivity index (χ3n) is 8.62. The summed E-state index contributed by atoms with van der Waals surface area (Å²) in [4.78, 5) is 32.8. The van der Waals surface area contributed by atoms with Crippen molar-refractivity contribution < 1.29 is 37.7 Å². The first-order valence-corrected chi connectivity index (χ1v) is 15.1. The SMILES string of the molecule is COc1ccc(C(C)(C)C)cc1CN[C@H]1[C@H](C(C)(C)C)[C@@H](C(=O)O)N(C(=O)[C@@H]2CCCCO2)[C@H]1c1cccnc1OC(F)F. The number of nitrogens with zero attached hydrogens (tertiary/aromatic N) is 2. The summed E-state index contributed by atoms with van der Waals surface area (Å²) in [5, 5.41) is 14.3. The van der Waals surface area contributed by atoms with Crippen LogP contribution < -0.4 is 14.8 Å². The molecule has 44 heavy (non-hydrogen) atoms. The van der Waals surface area contributed by atoms with Gasteiger partial charge in [-0.25, -0.2) is 9.78 Å². The van der Waals surface area contributed by atoms with Gasteiger partial charge in [0.1, 0.15) is 17.9 Å². The predicted octanol–water partition coefficient (Wildman–Crippen LogP) is 5.72. The molecule has 2 aromatic rings. The van der Waals surface area contributed by atoms with E-state index in [0.717, 1.165) is 24.0 Å². The summed E-state index contributed by atoms with van der Waals surface area (Å²) in [5.41, 5.74) is 1.35. The van der Waals surface area contributed by atoms with E-state index in [1.165, 1.54) is 11.1 Å². The molecule has 0 saturated carbocycles. The summed E-state index contributed by atoms with van der Waals surface area (Å²) >= 11 is 0. The van der Waals surface area contributed by atoms with E-state index in [4.69, 9.17) is 14.2 Å². The molecule has 5 atom stereocenters. The van der Waals surface area contributed by atoms with Gasteiger partial charge in [0.25, 0.3) is 5.91 Å².